The van der Waals surface area contributed by atoms with Crippen LogP contribution in [0.2, 0.25) is 0 Å². The van der Waals surface area contributed by atoms with Gasteiger partial charge >= 0.3 is 0 Å². The van der Waals surface area contributed by atoms with Gasteiger partial charge in [0.05, 0.1) is 6.61 Å². The van der Waals surface area contributed by atoms with Crippen molar-refractivity contribution in [1.29, 1.82) is 0 Å². The highest BCUT2D eigenvalue weighted by Gasteiger charge is 2.23. The largest absolute Gasteiger partial charge is 0.381 e. The maximum atomic E-state index is 11.9. The van der Waals surface area contributed by atoms with Gasteiger partial charge in [-0.2, -0.15) is 0 Å². The van der Waals surface area contributed by atoms with Crippen molar-refractivity contribution in [2.75, 3.05) is 13.2 Å². The van der Waals surface area contributed by atoms with E-state index in [4.69, 9.17) is 4.74 Å². The maximum Gasteiger partial charge on any atom is 0.186 e. The Morgan fingerprint density at radius 2 is 2.43 bits per heavy atom. The Kier molecular flexibility index (Phi) is 2.89. The molecule has 0 aromatic carbocycles. The molecule has 74 valence electrons. The zero-order chi connectivity index (χ0) is 9.80. The van der Waals surface area contributed by atoms with Crippen LogP contribution in [0.3, 0.4) is 0 Å². The summed E-state index contributed by atoms with van der Waals surface area (Å²) in [6, 6.07) is 5.41. The van der Waals surface area contributed by atoms with E-state index in [0.29, 0.717) is 12.3 Å². The highest BCUT2D eigenvalue weighted by atomic mass is 16.5. The van der Waals surface area contributed by atoms with Crippen LogP contribution in [0, 0.1) is 5.92 Å². The monoisotopic (exact) mass is 191 g/mol. The molecule has 3 heteroatoms. The summed E-state index contributed by atoms with van der Waals surface area (Å²) in [6.07, 6.45) is 3.55. The Bertz CT molecular complexity index is 304. The summed E-state index contributed by atoms with van der Waals surface area (Å²) in [5.41, 5.74) is 0.558. The van der Waals surface area contributed by atoms with Gasteiger partial charge in [0.15, 0.2) is 5.78 Å². The van der Waals surface area contributed by atoms with Gasteiger partial charge in [0.1, 0.15) is 5.69 Å². The predicted molar refractivity (Wildman–Crippen MR) is 52.1 cm³/mol. The van der Waals surface area contributed by atoms with E-state index < -0.39 is 0 Å². The lowest BCUT2D eigenvalue weighted by Gasteiger charge is -2.20. The summed E-state index contributed by atoms with van der Waals surface area (Å²) >= 11 is 0. The molecular formula is C11H13NO2. The van der Waals surface area contributed by atoms with Crippen LogP contribution >= 0.6 is 0 Å². The number of hydrogen-bond donors (Lipinski definition) is 0. The number of hydrogen-bond acceptors (Lipinski definition) is 3. The van der Waals surface area contributed by atoms with Crippen molar-refractivity contribution in [2.24, 2.45) is 5.92 Å². The lowest BCUT2D eigenvalue weighted by molar-refractivity contribution is 0.0458. The summed E-state index contributed by atoms with van der Waals surface area (Å²) in [7, 11) is 0. The second-order valence-corrected chi connectivity index (χ2v) is 3.49. The van der Waals surface area contributed by atoms with Crippen LogP contribution in [0.25, 0.3) is 0 Å². The molecule has 0 bridgehead atoms. The number of carbonyl (C=O) groups excluding carboxylic acids is 1. The summed E-state index contributed by atoms with van der Waals surface area (Å²) in [6.45, 7) is 1.33. The molecule has 1 atom stereocenters. The summed E-state index contributed by atoms with van der Waals surface area (Å²) in [4.78, 5) is 15.9. The molecular weight excluding hydrogens is 178 g/mol. The average Bonchev–Trinajstić information content (AvgIpc) is 2.30. The first-order chi connectivity index (χ1) is 6.88. The van der Waals surface area contributed by atoms with Crippen LogP contribution in [0.4, 0.5) is 0 Å². The van der Waals surface area contributed by atoms with Gasteiger partial charge in [0.25, 0.3) is 0 Å². The lowest BCUT2D eigenvalue weighted by atomic mass is 9.95. The van der Waals surface area contributed by atoms with Crippen molar-refractivity contribution < 1.29 is 9.53 Å². The van der Waals surface area contributed by atoms with Crippen LogP contribution in [-0.4, -0.2) is 24.0 Å². The van der Waals surface area contributed by atoms with E-state index in [1.165, 1.54) is 0 Å². The maximum absolute atomic E-state index is 11.9. The van der Waals surface area contributed by atoms with E-state index in [1.54, 1.807) is 12.3 Å². The second-order valence-electron chi connectivity index (χ2n) is 3.49. The molecule has 14 heavy (non-hydrogen) atoms. The van der Waals surface area contributed by atoms with E-state index in [9.17, 15) is 4.79 Å². The van der Waals surface area contributed by atoms with Crippen molar-refractivity contribution >= 4 is 5.78 Å². The molecule has 1 aliphatic heterocycles. The van der Waals surface area contributed by atoms with Crippen molar-refractivity contribution in [1.82, 2.24) is 4.98 Å². The minimum Gasteiger partial charge on any atom is -0.381 e. The summed E-state index contributed by atoms with van der Waals surface area (Å²) < 4.78 is 5.28. The Balaban J connectivity index is 2.07. The molecule has 0 amide bonds. The molecule has 0 saturated carbocycles. The number of Topliss-reactive ketones (excluding diaryl/α,β-unsaturated/α-hetero) is 1. The third-order valence-electron chi connectivity index (χ3n) is 2.45. The quantitative estimate of drug-likeness (QED) is 0.668. The number of nitrogens with zero attached hydrogens (tertiary/aromatic N) is 1. The molecule has 1 aromatic heterocycles. The molecule has 0 aliphatic carbocycles. The lowest BCUT2D eigenvalue weighted by Crippen LogP contribution is -2.25. The zero-order valence-electron chi connectivity index (χ0n) is 7.98. The summed E-state index contributed by atoms with van der Waals surface area (Å²) in [5, 5.41) is 0. The van der Waals surface area contributed by atoms with Crippen molar-refractivity contribution in [2.45, 2.75) is 12.8 Å². The van der Waals surface area contributed by atoms with Crippen molar-refractivity contribution in [3.63, 3.8) is 0 Å². The van der Waals surface area contributed by atoms with Gasteiger partial charge in [-0.1, -0.05) is 6.07 Å². The van der Waals surface area contributed by atoms with E-state index in [2.05, 4.69) is 4.98 Å². The van der Waals surface area contributed by atoms with E-state index in [1.807, 2.05) is 12.1 Å². The molecule has 0 spiro atoms. The van der Waals surface area contributed by atoms with Gasteiger partial charge in [-0.25, -0.2) is 0 Å². The van der Waals surface area contributed by atoms with Crippen LogP contribution in [-0.2, 0) is 4.74 Å². The fraction of sp³-hybridized carbons (Fsp3) is 0.455. The number of carbonyl (C=O) groups is 1. The number of pyridine rings is 1. The topological polar surface area (TPSA) is 39.2 Å². The molecule has 3 nitrogen and oxygen atoms in total. The molecule has 1 fully saturated rings. The van der Waals surface area contributed by atoms with Gasteiger partial charge in [-0.15, -0.1) is 0 Å². The normalized spacial score (nSPS) is 21.9. The van der Waals surface area contributed by atoms with Crippen LogP contribution < -0.4 is 0 Å². The van der Waals surface area contributed by atoms with E-state index in [-0.39, 0.29) is 11.7 Å². The van der Waals surface area contributed by atoms with Gasteiger partial charge in [0.2, 0.25) is 0 Å². The predicted octanol–water partition coefficient (Wildman–Crippen LogP) is 1.69. The van der Waals surface area contributed by atoms with Crippen LogP contribution in [0.1, 0.15) is 23.3 Å². The van der Waals surface area contributed by atoms with Crippen LogP contribution in [0.5, 0.6) is 0 Å². The zero-order valence-corrected chi connectivity index (χ0v) is 7.98. The Morgan fingerprint density at radius 1 is 1.50 bits per heavy atom. The molecule has 2 rings (SSSR count). The fourth-order valence-corrected chi connectivity index (χ4v) is 1.67. The minimum atomic E-state index is 0.0126. The first kappa shape index (κ1) is 9.34. The minimum absolute atomic E-state index is 0.0126. The molecule has 1 aliphatic rings. The Labute approximate surface area is 83.1 Å². The van der Waals surface area contributed by atoms with Crippen LogP contribution in [0.15, 0.2) is 24.4 Å². The highest BCUT2D eigenvalue weighted by Crippen LogP contribution is 2.17. The fourth-order valence-electron chi connectivity index (χ4n) is 1.67. The molecule has 2 heterocycles. The van der Waals surface area contributed by atoms with E-state index >= 15 is 0 Å². The average molecular weight is 191 g/mol. The standard InChI is InChI=1S/C11H13NO2/c13-11(9-4-3-7-14-8-9)10-5-1-2-6-12-10/h1-2,5-6,9H,3-4,7-8H2. The van der Waals surface area contributed by atoms with Gasteiger partial charge in [-0.05, 0) is 25.0 Å². The first-order valence-electron chi connectivity index (χ1n) is 4.91. The second kappa shape index (κ2) is 4.33. The Hall–Kier alpha value is -1.22. The van der Waals surface area contributed by atoms with Crippen molar-refractivity contribution in [3.8, 4) is 0 Å². The van der Waals surface area contributed by atoms with E-state index in [0.717, 1.165) is 19.4 Å². The molecule has 0 radical (unpaired) electrons. The van der Waals surface area contributed by atoms with Gasteiger partial charge < -0.3 is 4.74 Å². The number of aromatic nitrogens is 1. The first-order valence-corrected chi connectivity index (χ1v) is 4.91. The molecule has 0 N–H and O–H groups in total. The smallest absolute Gasteiger partial charge is 0.186 e. The highest BCUT2D eigenvalue weighted by molar-refractivity contribution is 5.96. The van der Waals surface area contributed by atoms with Crippen molar-refractivity contribution in [3.05, 3.63) is 30.1 Å². The van der Waals surface area contributed by atoms with Gasteiger partial charge in [-0.3, -0.25) is 9.78 Å². The number of ketones is 1. The molecule has 1 aromatic rings. The van der Waals surface area contributed by atoms with Gasteiger partial charge in [0, 0.05) is 18.7 Å². The third-order valence-corrected chi connectivity index (χ3v) is 2.45. The number of rotatable bonds is 2. The molecule has 1 unspecified atom stereocenters. The molecule has 1 saturated heterocycles. The SMILES string of the molecule is O=C(c1ccccn1)C1CCCOC1. The number of ether oxygens (including phenoxy) is 1. The Morgan fingerprint density at radius 3 is 3.07 bits per heavy atom. The summed E-state index contributed by atoms with van der Waals surface area (Å²) in [5.74, 6) is 0.129. The third kappa shape index (κ3) is 1.99.